The minimum absolute atomic E-state index is 0.631. The Hall–Kier alpha value is -0.570. The minimum Gasteiger partial charge on any atom is -0.367 e. The van der Waals surface area contributed by atoms with Crippen LogP contribution in [0.25, 0.3) is 0 Å². The van der Waals surface area contributed by atoms with Crippen molar-refractivity contribution in [3.05, 3.63) is 22.3 Å². The highest BCUT2D eigenvalue weighted by Gasteiger charge is 2.13. The lowest BCUT2D eigenvalue weighted by molar-refractivity contribution is 0.462. The van der Waals surface area contributed by atoms with Crippen molar-refractivity contribution in [3.63, 3.8) is 0 Å². The van der Waals surface area contributed by atoms with Crippen molar-refractivity contribution in [3.8, 4) is 0 Å². The van der Waals surface area contributed by atoms with Gasteiger partial charge in [0.1, 0.15) is 5.82 Å². The summed E-state index contributed by atoms with van der Waals surface area (Å²) in [5.41, 5.74) is 1.24. The van der Waals surface area contributed by atoms with Crippen LogP contribution < -0.4 is 5.32 Å². The van der Waals surface area contributed by atoms with E-state index in [0.29, 0.717) is 6.04 Å². The van der Waals surface area contributed by atoms with Crippen molar-refractivity contribution < 1.29 is 0 Å². The molecule has 15 heavy (non-hydrogen) atoms. The van der Waals surface area contributed by atoms with Gasteiger partial charge < -0.3 is 5.32 Å². The molecule has 2 rings (SSSR count). The summed E-state index contributed by atoms with van der Waals surface area (Å²) in [6, 6.07) is 2.74. The van der Waals surface area contributed by atoms with Crippen molar-refractivity contribution in [1.29, 1.82) is 0 Å². The van der Waals surface area contributed by atoms with Crippen molar-refractivity contribution in [2.45, 2.75) is 45.1 Å². The second kappa shape index (κ2) is 4.97. The Labute approximate surface area is 99.6 Å². The predicted molar refractivity (Wildman–Crippen MR) is 67.2 cm³/mol. The highest BCUT2D eigenvalue weighted by molar-refractivity contribution is 9.10. The first-order valence-electron chi connectivity index (χ1n) is 5.64. The molecule has 0 unspecified atom stereocenters. The van der Waals surface area contributed by atoms with E-state index in [2.05, 4.69) is 39.2 Å². The van der Waals surface area contributed by atoms with Gasteiger partial charge in [-0.3, -0.25) is 0 Å². The third-order valence-electron chi connectivity index (χ3n) is 3.00. The average molecular weight is 269 g/mol. The molecule has 1 N–H and O–H groups in total. The van der Waals surface area contributed by atoms with Crippen LogP contribution >= 0.6 is 15.9 Å². The molecule has 82 valence electrons. The maximum absolute atomic E-state index is 4.38. The van der Waals surface area contributed by atoms with E-state index < -0.39 is 0 Å². The predicted octanol–water partition coefficient (Wildman–Crippen LogP) is 3.90. The highest BCUT2D eigenvalue weighted by atomic mass is 79.9. The first-order chi connectivity index (χ1) is 7.25. The molecule has 3 heteroatoms. The summed E-state index contributed by atoms with van der Waals surface area (Å²) >= 11 is 3.46. The molecule has 2 nitrogen and oxygen atoms in total. The van der Waals surface area contributed by atoms with E-state index in [1.165, 1.54) is 37.7 Å². The monoisotopic (exact) mass is 268 g/mol. The van der Waals surface area contributed by atoms with Crippen LogP contribution in [-0.4, -0.2) is 11.0 Å². The molecule has 1 aromatic rings. The number of nitrogens with zero attached hydrogens (tertiary/aromatic N) is 1. The number of aryl methyl sites for hydroxylation is 1. The van der Waals surface area contributed by atoms with Crippen LogP contribution in [0.2, 0.25) is 0 Å². The third-order valence-corrected chi connectivity index (χ3v) is 3.83. The van der Waals surface area contributed by atoms with Gasteiger partial charge in [0.2, 0.25) is 0 Å². The van der Waals surface area contributed by atoms with Crippen LogP contribution in [0.1, 0.15) is 37.7 Å². The average Bonchev–Trinajstić information content (AvgIpc) is 2.25. The Kier molecular flexibility index (Phi) is 3.62. The first-order valence-corrected chi connectivity index (χ1v) is 6.43. The summed E-state index contributed by atoms with van der Waals surface area (Å²) in [5.74, 6) is 1.02. The molecule has 0 saturated heterocycles. The number of pyridine rings is 1. The van der Waals surface area contributed by atoms with E-state index in [1.807, 2.05) is 6.20 Å². The zero-order chi connectivity index (χ0) is 10.7. The van der Waals surface area contributed by atoms with Crippen LogP contribution in [-0.2, 0) is 0 Å². The van der Waals surface area contributed by atoms with Crippen molar-refractivity contribution in [2.75, 3.05) is 5.32 Å². The Bertz CT molecular complexity index is 332. The van der Waals surface area contributed by atoms with E-state index in [4.69, 9.17) is 0 Å². The van der Waals surface area contributed by atoms with Crippen molar-refractivity contribution in [1.82, 2.24) is 4.98 Å². The van der Waals surface area contributed by atoms with E-state index in [9.17, 15) is 0 Å². The normalized spacial score (nSPS) is 17.7. The van der Waals surface area contributed by atoms with Gasteiger partial charge in [-0.25, -0.2) is 4.98 Å². The summed E-state index contributed by atoms with van der Waals surface area (Å²) in [5, 5.41) is 3.52. The lowest BCUT2D eigenvalue weighted by atomic mass is 9.95. The smallest absolute Gasteiger partial charge is 0.126 e. The number of hydrogen-bond acceptors (Lipinski definition) is 2. The fourth-order valence-corrected chi connectivity index (χ4v) is 2.29. The SMILES string of the molecule is Cc1cc(NC2CCCCC2)ncc1Br. The molecule has 0 amide bonds. The molecule has 0 spiro atoms. The van der Waals surface area contributed by atoms with Crippen LogP contribution in [0.3, 0.4) is 0 Å². The minimum atomic E-state index is 0.631. The van der Waals surface area contributed by atoms with Gasteiger partial charge in [0.05, 0.1) is 0 Å². The summed E-state index contributed by atoms with van der Waals surface area (Å²) in [6.45, 7) is 2.10. The second-order valence-electron chi connectivity index (χ2n) is 4.30. The molecule has 0 aliphatic heterocycles. The van der Waals surface area contributed by atoms with Crippen molar-refractivity contribution >= 4 is 21.7 Å². The quantitative estimate of drug-likeness (QED) is 0.880. The van der Waals surface area contributed by atoms with E-state index in [1.54, 1.807) is 0 Å². The number of rotatable bonds is 2. The highest BCUT2D eigenvalue weighted by Crippen LogP contribution is 2.22. The fourth-order valence-electron chi connectivity index (χ4n) is 2.07. The van der Waals surface area contributed by atoms with Gasteiger partial charge in [-0.05, 0) is 47.3 Å². The Morgan fingerprint density at radius 3 is 2.73 bits per heavy atom. The molecule has 1 heterocycles. The largest absolute Gasteiger partial charge is 0.367 e. The molecule has 1 fully saturated rings. The number of halogens is 1. The number of nitrogens with one attached hydrogen (secondary N) is 1. The molecule has 1 aliphatic rings. The van der Waals surface area contributed by atoms with Gasteiger partial charge in [-0.15, -0.1) is 0 Å². The van der Waals surface area contributed by atoms with Gasteiger partial charge in [-0.1, -0.05) is 19.3 Å². The maximum atomic E-state index is 4.38. The maximum Gasteiger partial charge on any atom is 0.126 e. The molecule has 1 aromatic heterocycles. The zero-order valence-electron chi connectivity index (χ0n) is 9.09. The van der Waals surface area contributed by atoms with Gasteiger partial charge >= 0.3 is 0 Å². The van der Waals surface area contributed by atoms with Crippen LogP contribution in [0, 0.1) is 6.92 Å². The van der Waals surface area contributed by atoms with E-state index in [0.717, 1.165) is 10.3 Å². The number of hydrogen-bond donors (Lipinski definition) is 1. The lowest BCUT2D eigenvalue weighted by Gasteiger charge is -2.23. The molecule has 0 atom stereocenters. The number of aromatic nitrogens is 1. The molecule has 0 aromatic carbocycles. The third kappa shape index (κ3) is 2.94. The van der Waals surface area contributed by atoms with E-state index >= 15 is 0 Å². The number of anilines is 1. The summed E-state index contributed by atoms with van der Waals surface area (Å²) in [6.07, 6.45) is 8.55. The van der Waals surface area contributed by atoms with Crippen LogP contribution in [0.4, 0.5) is 5.82 Å². The van der Waals surface area contributed by atoms with E-state index in [-0.39, 0.29) is 0 Å². The van der Waals surface area contributed by atoms with Gasteiger partial charge in [0.15, 0.2) is 0 Å². The Balaban J connectivity index is 2.00. The topological polar surface area (TPSA) is 24.9 Å². The molecule has 0 bridgehead atoms. The Morgan fingerprint density at radius 1 is 1.33 bits per heavy atom. The molecule has 0 radical (unpaired) electrons. The molecular formula is C12H17BrN2. The van der Waals surface area contributed by atoms with Gasteiger partial charge in [0.25, 0.3) is 0 Å². The lowest BCUT2D eigenvalue weighted by Crippen LogP contribution is -2.22. The summed E-state index contributed by atoms with van der Waals surface area (Å²) in [4.78, 5) is 4.38. The van der Waals surface area contributed by atoms with Crippen LogP contribution in [0.5, 0.6) is 0 Å². The summed E-state index contributed by atoms with van der Waals surface area (Å²) in [7, 11) is 0. The Morgan fingerprint density at radius 2 is 2.07 bits per heavy atom. The fraction of sp³-hybridized carbons (Fsp3) is 0.583. The second-order valence-corrected chi connectivity index (χ2v) is 5.15. The van der Waals surface area contributed by atoms with Gasteiger partial charge in [-0.2, -0.15) is 0 Å². The van der Waals surface area contributed by atoms with Gasteiger partial charge in [0, 0.05) is 16.7 Å². The van der Waals surface area contributed by atoms with Crippen molar-refractivity contribution in [2.24, 2.45) is 0 Å². The first kappa shape index (κ1) is 10.9. The molecule has 1 aliphatic carbocycles. The zero-order valence-corrected chi connectivity index (χ0v) is 10.7. The molecule has 1 saturated carbocycles. The summed E-state index contributed by atoms with van der Waals surface area (Å²) < 4.78 is 1.08. The molecular weight excluding hydrogens is 252 g/mol. The van der Waals surface area contributed by atoms with Crippen LogP contribution in [0.15, 0.2) is 16.7 Å². The standard InChI is InChI=1S/C12H17BrN2/c1-9-7-12(14-8-11(9)13)15-10-5-3-2-4-6-10/h7-8,10H,2-6H2,1H3,(H,14,15).